The molecule has 0 fully saturated rings. The average Bonchev–Trinajstić information content (AvgIpc) is 2.83. The smallest absolute Gasteiger partial charge is 0.340 e. The maximum atomic E-state index is 13.8. The van der Waals surface area contributed by atoms with Crippen LogP contribution in [0.15, 0.2) is 18.3 Å². The van der Waals surface area contributed by atoms with Crippen LogP contribution < -0.4 is 11.1 Å². The van der Waals surface area contributed by atoms with E-state index in [9.17, 15) is 9.18 Å². The molecule has 20 heavy (non-hydrogen) atoms. The maximum absolute atomic E-state index is 13.8. The van der Waals surface area contributed by atoms with E-state index < -0.39 is 11.8 Å². The van der Waals surface area contributed by atoms with Gasteiger partial charge in [-0.3, -0.25) is 0 Å². The molecule has 5 nitrogen and oxygen atoms in total. The van der Waals surface area contributed by atoms with E-state index in [2.05, 4.69) is 15.0 Å². The number of methoxy groups -OCH3 is 1. The number of benzene rings is 1. The Morgan fingerprint density at radius 3 is 2.90 bits per heavy atom. The Morgan fingerprint density at radius 1 is 1.55 bits per heavy atom. The molecule has 1 heterocycles. The van der Waals surface area contributed by atoms with Crippen molar-refractivity contribution in [2.75, 3.05) is 18.2 Å². The molecule has 2 rings (SSSR count). The van der Waals surface area contributed by atoms with Crippen molar-refractivity contribution in [3.05, 3.63) is 39.6 Å². The maximum Gasteiger partial charge on any atom is 0.340 e. The van der Waals surface area contributed by atoms with E-state index in [1.54, 1.807) is 6.20 Å². The number of halogens is 1. The predicted molar refractivity (Wildman–Crippen MR) is 76.3 cm³/mol. The number of nitrogen functional groups attached to an aromatic ring is 1. The second kappa shape index (κ2) is 5.87. The highest BCUT2D eigenvalue weighted by molar-refractivity contribution is 7.11. The van der Waals surface area contributed by atoms with Crippen molar-refractivity contribution in [1.29, 1.82) is 0 Å². The van der Waals surface area contributed by atoms with Crippen LogP contribution in [0.3, 0.4) is 0 Å². The van der Waals surface area contributed by atoms with Gasteiger partial charge in [-0.05, 0) is 19.1 Å². The van der Waals surface area contributed by atoms with Gasteiger partial charge < -0.3 is 15.8 Å². The van der Waals surface area contributed by atoms with Gasteiger partial charge in [0.25, 0.3) is 0 Å². The van der Waals surface area contributed by atoms with Crippen molar-refractivity contribution >= 4 is 28.7 Å². The van der Waals surface area contributed by atoms with E-state index in [4.69, 9.17) is 5.73 Å². The summed E-state index contributed by atoms with van der Waals surface area (Å²) < 4.78 is 18.4. The first-order valence-corrected chi connectivity index (χ1v) is 6.65. The summed E-state index contributed by atoms with van der Waals surface area (Å²) in [5.41, 5.74) is 5.99. The van der Waals surface area contributed by atoms with E-state index in [0.717, 1.165) is 16.0 Å². The summed E-state index contributed by atoms with van der Waals surface area (Å²) in [6.45, 7) is 2.32. The molecule has 0 bridgehead atoms. The lowest BCUT2D eigenvalue weighted by Crippen LogP contribution is -2.09. The van der Waals surface area contributed by atoms with Crippen molar-refractivity contribution in [2.24, 2.45) is 0 Å². The number of hydrogen-bond acceptors (Lipinski definition) is 6. The number of nitrogens with one attached hydrogen (secondary N) is 1. The standard InChI is InChI=1S/C13H14FN3O2S/c1-7-16-5-8(20-7)6-17-12-3-9(13(18)19-2)11(15)4-10(12)14/h3-5,17H,6,15H2,1-2H3. The Kier molecular flexibility index (Phi) is 4.19. The number of rotatable bonds is 4. The molecule has 0 saturated carbocycles. The number of esters is 1. The molecular weight excluding hydrogens is 281 g/mol. The van der Waals surface area contributed by atoms with Gasteiger partial charge in [-0.15, -0.1) is 11.3 Å². The zero-order chi connectivity index (χ0) is 14.7. The first kappa shape index (κ1) is 14.3. The number of carbonyl (C=O) groups is 1. The lowest BCUT2D eigenvalue weighted by Gasteiger charge is -2.10. The first-order chi connectivity index (χ1) is 9.51. The van der Waals surface area contributed by atoms with Crippen LogP contribution in [0.4, 0.5) is 15.8 Å². The number of carbonyl (C=O) groups excluding carboxylic acids is 1. The van der Waals surface area contributed by atoms with Gasteiger partial charge in [-0.1, -0.05) is 0 Å². The molecule has 0 saturated heterocycles. The minimum Gasteiger partial charge on any atom is -0.465 e. The highest BCUT2D eigenvalue weighted by Crippen LogP contribution is 2.24. The number of ether oxygens (including phenoxy) is 1. The van der Waals surface area contributed by atoms with Crippen LogP contribution in [0.1, 0.15) is 20.2 Å². The normalized spacial score (nSPS) is 10.3. The molecule has 0 radical (unpaired) electrons. The van der Waals surface area contributed by atoms with Gasteiger partial charge in [0.05, 0.1) is 29.9 Å². The lowest BCUT2D eigenvalue weighted by atomic mass is 10.1. The molecule has 1 aromatic carbocycles. The molecular formula is C13H14FN3O2S. The van der Waals surface area contributed by atoms with Gasteiger partial charge in [0.1, 0.15) is 5.82 Å². The highest BCUT2D eigenvalue weighted by Gasteiger charge is 2.14. The van der Waals surface area contributed by atoms with Crippen LogP contribution in [0.25, 0.3) is 0 Å². The fourth-order valence-corrected chi connectivity index (χ4v) is 2.41. The zero-order valence-corrected chi connectivity index (χ0v) is 11.9. The summed E-state index contributed by atoms with van der Waals surface area (Å²) in [4.78, 5) is 16.6. The molecule has 2 aromatic rings. The minimum atomic E-state index is -0.598. The molecule has 0 spiro atoms. The monoisotopic (exact) mass is 295 g/mol. The van der Waals surface area contributed by atoms with Gasteiger partial charge in [0.2, 0.25) is 0 Å². The number of anilines is 2. The van der Waals surface area contributed by atoms with E-state index in [1.807, 2.05) is 6.92 Å². The summed E-state index contributed by atoms with van der Waals surface area (Å²) in [5.74, 6) is -1.12. The van der Waals surface area contributed by atoms with Crippen LogP contribution in [0, 0.1) is 12.7 Å². The highest BCUT2D eigenvalue weighted by atomic mass is 32.1. The molecule has 106 valence electrons. The zero-order valence-electron chi connectivity index (χ0n) is 11.1. The van der Waals surface area contributed by atoms with Gasteiger partial charge in [0.15, 0.2) is 0 Å². The molecule has 0 aliphatic rings. The molecule has 0 aliphatic heterocycles. The topological polar surface area (TPSA) is 77.2 Å². The van der Waals surface area contributed by atoms with Crippen LogP contribution in [0.2, 0.25) is 0 Å². The quantitative estimate of drug-likeness (QED) is 0.669. The number of hydrogen-bond donors (Lipinski definition) is 2. The summed E-state index contributed by atoms with van der Waals surface area (Å²) in [6.07, 6.45) is 1.73. The van der Waals surface area contributed by atoms with Crippen molar-refractivity contribution in [2.45, 2.75) is 13.5 Å². The van der Waals surface area contributed by atoms with Gasteiger partial charge >= 0.3 is 5.97 Å². The molecule has 3 N–H and O–H groups in total. The first-order valence-electron chi connectivity index (χ1n) is 5.83. The summed E-state index contributed by atoms with van der Waals surface area (Å²) in [7, 11) is 1.25. The number of nitrogens with zero attached hydrogens (tertiary/aromatic N) is 1. The third-order valence-corrected chi connectivity index (χ3v) is 3.58. The van der Waals surface area contributed by atoms with Crippen molar-refractivity contribution in [1.82, 2.24) is 4.98 Å². The van der Waals surface area contributed by atoms with Crippen molar-refractivity contribution in [3.63, 3.8) is 0 Å². The Hall–Kier alpha value is -2.15. The number of thiazole rings is 1. The van der Waals surface area contributed by atoms with Crippen LogP contribution >= 0.6 is 11.3 Å². The largest absolute Gasteiger partial charge is 0.465 e. The summed E-state index contributed by atoms with van der Waals surface area (Å²) in [6, 6.07) is 2.46. The second-order valence-corrected chi connectivity index (χ2v) is 5.43. The Bertz CT molecular complexity index is 643. The Morgan fingerprint density at radius 2 is 2.30 bits per heavy atom. The predicted octanol–water partition coefficient (Wildman–Crippen LogP) is 2.57. The fraction of sp³-hybridized carbons (Fsp3) is 0.231. The van der Waals surface area contributed by atoms with E-state index in [-0.39, 0.29) is 16.9 Å². The van der Waals surface area contributed by atoms with Gasteiger partial charge in [-0.2, -0.15) is 0 Å². The van der Waals surface area contributed by atoms with Crippen LogP contribution in [0.5, 0.6) is 0 Å². The summed E-state index contributed by atoms with van der Waals surface area (Å²) >= 11 is 1.52. The molecule has 0 amide bonds. The van der Waals surface area contributed by atoms with Crippen LogP contribution in [-0.2, 0) is 11.3 Å². The second-order valence-electron chi connectivity index (χ2n) is 4.11. The number of aromatic nitrogens is 1. The van der Waals surface area contributed by atoms with E-state index in [1.165, 1.54) is 24.5 Å². The Labute approximate surface area is 119 Å². The number of aryl methyl sites for hydroxylation is 1. The van der Waals surface area contributed by atoms with E-state index >= 15 is 0 Å². The molecule has 0 aliphatic carbocycles. The molecule has 0 atom stereocenters. The van der Waals surface area contributed by atoms with Gasteiger partial charge in [-0.25, -0.2) is 14.2 Å². The third kappa shape index (κ3) is 3.05. The number of nitrogens with two attached hydrogens (primary N) is 1. The van der Waals surface area contributed by atoms with Crippen LogP contribution in [-0.4, -0.2) is 18.1 Å². The van der Waals surface area contributed by atoms with Crippen molar-refractivity contribution in [3.8, 4) is 0 Å². The molecule has 0 unspecified atom stereocenters. The fourth-order valence-electron chi connectivity index (χ4n) is 1.68. The Balaban J connectivity index is 2.20. The third-order valence-electron chi connectivity index (χ3n) is 2.67. The lowest BCUT2D eigenvalue weighted by molar-refractivity contribution is 0.0602. The van der Waals surface area contributed by atoms with Crippen molar-refractivity contribution < 1.29 is 13.9 Å². The average molecular weight is 295 g/mol. The summed E-state index contributed by atoms with van der Waals surface area (Å²) in [5, 5.41) is 3.86. The molecule has 1 aromatic heterocycles. The minimum absolute atomic E-state index is 0.0496. The SMILES string of the molecule is COC(=O)c1cc(NCc2cnc(C)s2)c(F)cc1N. The molecule has 7 heteroatoms. The van der Waals surface area contributed by atoms with Gasteiger partial charge in [0, 0.05) is 16.8 Å². The van der Waals surface area contributed by atoms with E-state index in [0.29, 0.717) is 6.54 Å².